The summed E-state index contributed by atoms with van der Waals surface area (Å²) in [6.45, 7) is 4.95. The van der Waals surface area contributed by atoms with Crippen LogP contribution in [0, 0.1) is 12.7 Å². The lowest BCUT2D eigenvalue weighted by Crippen LogP contribution is -2.24. The van der Waals surface area contributed by atoms with Crippen LogP contribution in [0.25, 0.3) is 0 Å². The van der Waals surface area contributed by atoms with E-state index in [1.165, 1.54) is 6.07 Å². The van der Waals surface area contributed by atoms with Gasteiger partial charge in [-0.1, -0.05) is 13.0 Å². The highest BCUT2D eigenvalue weighted by molar-refractivity contribution is 9.11. The molecule has 5 heteroatoms. The van der Waals surface area contributed by atoms with Crippen molar-refractivity contribution in [3.63, 3.8) is 0 Å². The molecule has 0 fully saturated rings. The molecule has 0 aliphatic carbocycles. The minimum atomic E-state index is -0.245. The number of ether oxygens (including phenoxy) is 1. The molecule has 0 spiro atoms. The molecule has 0 radical (unpaired) electrons. The molecule has 0 aliphatic rings. The van der Waals surface area contributed by atoms with Gasteiger partial charge in [0.1, 0.15) is 11.6 Å². The smallest absolute Gasteiger partial charge is 0.132 e. The van der Waals surface area contributed by atoms with E-state index in [4.69, 9.17) is 4.74 Å². The summed E-state index contributed by atoms with van der Waals surface area (Å²) in [4.78, 5) is 1.08. The summed E-state index contributed by atoms with van der Waals surface area (Å²) in [6.07, 6.45) is 0.985. The van der Waals surface area contributed by atoms with Gasteiger partial charge in [0.15, 0.2) is 0 Å². The Kier molecular flexibility index (Phi) is 5.79. The summed E-state index contributed by atoms with van der Waals surface area (Å²) >= 11 is 5.17. The fourth-order valence-electron chi connectivity index (χ4n) is 2.23. The lowest BCUT2D eigenvalue weighted by atomic mass is 10.0. The van der Waals surface area contributed by atoms with E-state index >= 15 is 0 Å². The summed E-state index contributed by atoms with van der Waals surface area (Å²) in [5.74, 6) is 0.330. The average molecular weight is 372 g/mol. The minimum Gasteiger partial charge on any atom is -0.496 e. The first kappa shape index (κ1) is 16.5. The molecule has 1 aromatic carbocycles. The van der Waals surface area contributed by atoms with Crippen LogP contribution < -0.4 is 10.1 Å². The maximum Gasteiger partial charge on any atom is 0.132 e. The third-order valence-electron chi connectivity index (χ3n) is 3.28. The molecule has 0 aliphatic heterocycles. The maximum atomic E-state index is 14.4. The van der Waals surface area contributed by atoms with E-state index in [2.05, 4.69) is 34.2 Å². The molecule has 2 aromatic rings. The van der Waals surface area contributed by atoms with Gasteiger partial charge in [0.05, 0.1) is 22.5 Å². The third kappa shape index (κ3) is 3.65. The molecule has 0 saturated carbocycles. The van der Waals surface area contributed by atoms with Crippen LogP contribution >= 0.6 is 27.3 Å². The molecule has 2 rings (SSSR count). The molecular weight excluding hydrogens is 353 g/mol. The Bertz CT molecular complexity index is 595. The van der Waals surface area contributed by atoms with Gasteiger partial charge in [-0.3, -0.25) is 0 Å². The first-order valence-electron chi connectivity index (χ1n) is 6.90. The van der Waals surface area contributed by atoms with Crippen molar-refractivity contribution in [3.8, 4) is 5.75 Å². The number of thiophene rings is 1. The zero-order valence-corrected chi connectivity index (χ0v) is 14.8. The van der Waals surface area contributed by atoms with Gasteiger partial charge >= 0.3 is 0 Å². The highest BCUT2D eigenvalue weighted by Gasteiger charge is 2.23. The standard InChI is InChI=1S/C16H19BrFNOS/c1-4-8-19-15(13-9-10(2)16(17)21-13)14-11(18)6-5-7-12(14)20-3/h5-7,9,15,19H,4,8H2,1-3H3. The normalized spacial score (nSPS) is 12.4. The van der Waals surface area contributed by atoms with E-state index in [9.17, 15) is 4.39 Å². The predicted molar refractivity (Wildman–Crippen MR) is 89.8 cm³/mol. The number of rotatable bonds is 6. The molecule has 0 amide bonds. The van der Waals surface area contributed by atoms with Crippen molar-refractivity contribution in [2.45, 2.75) is 26.3 Å². The number of methoxy groups -OCH3 is 1. The zero-order chi connectivity index (χ0) is 15.4. The highest BCUT2D eigenvalue weighted by Crippen LogP contribution is 2.38. The molecule has 0 bridgehead atoms. The van der Waals surface area contributed by atoms with Gasteiger partial charge in [-0.25, -0.2) is 4.39 Å². The van der Waals surface area contributed by atoms with Crippen LogP contribution in [0.2, 0.25) is 0 Å². The van der Waals surface area contributed by atoms with Crippen molar-refractivity contribution in [3.05, 3.63) is 49.9 Å². The summed E-state index contributed by atoms with van der Waals surface area (Å²) in [5, 5.41) is 3.43. The van der Waals surface area contributed by atoms with Crippen molar-refractivity contribution < 1.29 is 9.13 Å². The molecule has 2 nitrogen and oxygen atoms in total. The van der Waals surface area contributed by atoms with Gasteiger partial charge in [-0.15, -0.1) is 11.3 Å². The Labute approximate surface area is 137 Å². The van der Waals surface area contributed by atoms with E-state index in [1.807, 2.05) is 6.92 Å². The highest BCUT2D eigenvalue weighted by atomic mass is 79.9. The molecule has 114 valence electrons. The number of hydrogen-bond donors (Lipinski definition) is 1. The predicted octanol–water partition coefficient (Wildman–Crippen LogP) is 5.06. The fraction of sp³-hybridized carbons (Fsp3) is 0.375. The van der Waals surface area contributed by atoms with Crippen LogP contribution in [0.4, 0.5) is 4.39 Å². The van der Waals surface area contributed by atoms with Crippen LogP contribution in [0.3, 0.4) is 0 Å². The average Bonchev–Trinajstić information content (AvgIpc) is 2.80. The van der Waals surface area contributed by atoms with Gasteiger partial charge in [-0.05, 0) is 59.6 Å². The van der Waals surface area contributed by atoms with E-state index < -0.39 is 0 Å². The quantitative estimate of drug-likeness (QED) is 0.766. The van der Waals surface area contributed by atoms with Gasteiger partial charge in [0.2, 0.25) is 0 Å². The van der Waals surface area contributed by atoms with Crippen molar-refractivity contribution in [1.29, 1.82) is 0 Å². The monoisotopic (exact) mass is 371 g/mol. The zero-order valence-electron chi connectivity index (χ0n) is 12.4. The summed E-state index contributed by atoms with van der Waals surface area (Å²) in [6, 6.07) is 6.84. The third-order valence-corrected chi connectivity index (χ3v) is 5.48. The maximum absolute atomic E-state index is 14.4. The Morgan fingerprint density at radius 1 is 1.43 bits per heavy atom. The largest absolute Gasteiger partial charge is 0.496 e. The van der Waals surface area contributed by atoms with Gasteiger partial charge in [0.25, 0.3) is 0 Å². The molecular formula is C16H19BrFNOS. The molecule has 21 heavy (non-hydrogen) atoms. The SMILES string of the molecule is CCCNC(c1cc(C)c(Br)s1)c1c(F)cccc1OC. The first-order valence-corrected chi connectivity index (χ1v) is 8.51. The van der Waals surface area contributed by atoms with E-state index in [0.717, 1.165) is 27.2 Å². The molecule has 1 heterocycles. The van der Waals surface area contributed by atoms with Crippen molar-refractivity contribution >= 4 is 27.3 Å². The molecule has 0 saturated heterocycles. The van der Waals surface area contributed by atoms with Crippen LogP contribution in [0.15, 0.2) is 28.1 Å². The van der Waals surface area contributed by atoms with Crippen molar-refractivity contribution in [2.75, 3.05) is 13.7 Å². The lowest BCUT2D eigenvalue weighted by Gasteiger charge is -2.20. The lowest BCUT2D eigenvalue weighted by molar-refractivity contribution is 0.397. The second kappa shape index (κ2) is 7.38. The first-order chi connectivity index (χ1) is 10.1. The number of halogens is 2. The summed E-state index contributed by atoms with van der Waals surface area (Å²) in [7, 11) is 1.57. The number of benzene rings is 1. The Hall–Kier alpha value is -0.910. The van der Waals surface area contributed by atoms with Crippen molar-refractivity contribution in [2.24, 2.45) is 0 Å². The van der Waals surface area contributed by atoms with Crippen LogP contribution in [-0.4, -0.2) is 13.7 Å². The van der Waals surface area contributed by atoms with Gasteiger partial charge < -0.3 is 10.1 Å². The Morgan fingerprint density at radius 3 is 2.76 bits per heavy atom. The Morgan fingerprint density at radius 2 is 2.19 bits per heavy atom. The van der Waals surface area contributed by atoms with Gasteiger partial charge in [0, 0.05) is 4.88 Å². The van der Waals surface area contributed by atoms with Gasteiger partial charge in [-0.2, -0.15) is 0 Å². The summed E-state index contributed by atoms with van der Waals surface area (Å²) < 4.78 is 20.8. The molecule has 1 aromatic heterocycles. The fourth-order valence-corrected chi connectivity index (χ4v) is 3.89. The molecule has 1 unspecified atom stereocenters. The van der Waals surface area contributed by atoms with Crippen LogP contribution in [-0.2, 0) is 0 Å². The second-order valence-corrected chi connectivity index (χ2v) is 7.25. The molecule has 1 atom stereocenters. The van der Waals surface area contributed by atoms with E-state index in [-0.39, 0.29) is 11.9 Å². The van der Waals surface area contributed by atoms with Crippen LogP contribution in [0.1, 0.15) is 35.4 Å². The number of aryl methyl sites for hydroxylation is 1. The topological polar surface area (TPSA) is 21.3 Å². The Balaban J connectivity index is 2.50. The van der Waals surface area contributed by atoms with E-state index in [0.29, 0.717) is 11.3 Å². The summed E-state index contributed by atoms with van der Waals surface area (Å²) in [5.41, 5.74) is 1.73. The van der Waals surface area contributed by atoms with Crippen molar-refractivity contribution in [1.82, 2.24) is 5.32 Å². The minimum absolute atomic E-state index is 0.198. The molecule has 1 N–H and O–H groups in total. The van der Waals surface area contributed by atoms with Crippen LogP contribution in [0.5, 0.6) is 5.75 Å². The number of nitrogens with one attached hydrogen (secondary N) is 1. The number of hydrogen-bond acceptors (Lipinski definition) is 3. The van der Waals surface area contributed by atoms with E-state index in [1.54, 1.807) is 30.6 Å². The second-order valence-electron chi connectivity index (χ2n) is 4.85.